The molecule has 0 fully saturated rings. The van der Waals surface area contributed by atoms with Crippen LogP contribution in [0, 0.1) is 6.92 Å². The van der Waals surface area contributed by atoms with Gasteiger partial charge in [0.25, 0.3) is 0 Å². The number of unbranched alkanes of at least 4 members (excludes halogenated alkanes) is 13. The molecule has 33 heavy (non-hydrogen) atoms. The zero-order valence-corrected chi connectivity index (χ0v) is 21.4. The number of carbonyl (C=O) groups is 2. The van der Waals surface area contributed by atoms with Crippen molar-refractivity contribution in [2.75, 3.05) is 6.61 Å². The van der Waals surface area contributed by atoms with E-state index in [-0.39, 0.29) is 11.9 Å². The van der Waals surface area contributed by atoms with Crippen molar-refractivity contribution in [1.82, 2.24) is 0 Å². The molecule has 0 heterocycles. The van der Waals surface area contributed by atoms with Crippen LogP contribution >= 0.6 is 0 Å². The van der Waals surface area contributed by atoms with Gasteiger partial charge in [0.15, 0.2) is 0 Å². The lowest BCUT2D eigenvalue weighted by molar-refractivity contribution is -0.145. The van der Waals surface area contributed by atoms with E-state index in [1.165, 1.54) is 56.9 Å². The summed E-state index contributed by atoms with van der Waals surface area (Å²) in [5.41, 5.74) is 2.23. The SMILES string of the molecule is CCCCCCCCCCCOC(=O)CCCCCCCCC(=O)OCc1ccc(C)cc1. The topological polar surface area (TPSA) is 52.6 Å². The summed E-state index contributed by atoms with van der Waals surface area (Å²) in [6.07, 6.45) is 18.5. The monoisotopic (exact) mass is 460 g/mol. The first-order valence-electron chi connectivity index (χ1n) is 13.5. The Morgan fingerprint density at radius 1 is 0.606 bits per heavy atom. The predicted octanol–water partition coefficient (Wildman–Crippen LogP) is 8.23. The molecule has 0 radical (unpaired) electrons. The van der Waals surface area contributed by atoms with Crippen molar-refractivity contribution in [1.29, 1.82) is 0 Å². The summed E-state index contributed by atoms with van der Waals surface area (Å²) in [4.78, 5) is 23.6. The van der Waals surface area contributed by atoms with Gasteiger partial charge in [-0.15, -0.1) is 0 Å². The third kappa shape index (κ3) is 18.3. The van der Waals surface area contributed by atoms with Gasteiger partial charge in [-0.2, -0.15) is 0 Å². The van der Waals surface area contributed by atoms with Gasteiger partial charge >= 0.3 is 11.9 Å². The van der Waals surface area contributed by atoms with Crippen molar-refractivity contribution in [3.8, 4) is 0 Å². The molecule has 0 aliphatic carbocycles. The van der Waals surface area contributed by atoms with Crippen LogP contribution < -0.4 is 0 Å². The summed E-state index contributed by atoms with van der Waals surface area (Å²) in [5.74, 6) is -0.170. The number of hydrogen-bond donors (Lipinski definition) is 0. The summed E-state index contributed by atoms with van der Waals surface area (Å²) in [6.45, 7) is 5.23. The molecular weight excluding hydrogens is 412 g/mol. The second-order valence-electron chi connectivity index (χ2n) is 9.32. The molecular formula is C29H48O4. The predicted molar refractivity (Wildman–Crippen MR) is 136 cm³/mol. The molecule has 0 aliphatic rings. The van der Waals surface area contributed by atoms with Gasteiger partial charge in [0.1, 0.15) is 6.61 Å². The van der Waals surface area contributed by atoms with Gasteiger partial charge in [-0.1, -0.05) is 114 Å². The maximum atomic E-state index is 11.8. The van der Waals surface area contributed by atoms with Crippen LogP contribution in [0.5, 0.6) is 0 Å². The van der Waals surface area contributed by atoms with Crippen LogP contribution in [0.3, 0.4) is 0 Å². The van der Waals surface area contributed by atoms with E-state index in [0.717, 1.165) is 50.5 Å². The fourth-order valence-corrected chi connectivity index (χ4v) is 3.84. The van der Waals surface area contributed by atoms with Crippen LogP contribution in [-0.4, -0.2) is 18.5 Å². The third-order valence-corrected chi connectivity index (χ3v) is 6.04. The summed E-state index contributed by atoms with van der Waals surface area (Å²) in [6, 6.07) is 8.05. The number of hydrogen-bond acceptors (Lipinski definition) is 4. The Hall–Kier alpha value is -1.84. The Balaban J connectivity index is 1.82. The first-order chi connectivity index (χ1) is 16.1. The molecule has 0 amide bonds. The van der Waals surface area contributed by atoms with Crippen molar-refractivity contribution in [3.63, 3.8) is 0 Å². The quantitative estimate of drug-likeness (QED) is 0.137. The van der Waals surface area contributed by atoms with E-state index in [9.17, 15) is 9.59 Å². The number of rotatable bonds is 21. The molecule has 1 rings (SSSR count). The Morgan fingerprint density at radius 2 is 1.06 bits per heavy atom. The highest BCUT2D eigenvalue weighted by Gasteiger charge is 2.05. The smallest absolute Gasteiger partial charge is 0.306 e. The Labute approximate surface area is 202 Å². The summed E-state index contributed by atoms with van der Waals surface area (Å²) in [5, 5.41) is 0. The largest absolute Gasteiger partial charge is 0.466 e. The molecule has 0 spiro atoms. The van der Waals surface area contributed by atoms with E-state index in [1.54, 1.807) is 0 Å². The third-order valence-electron chi connectivity index (χ3n) is 6.04. The normalized spacial score (nSPS) is 10.8. The van der Waals surface area contributed by atoms with Crippen LogP contribution in [-0.2, 0) is 25.7 Å². The maximum absolute atomic E-state index is 11.8. The lowest BCUT2D eigenvalue weighted by atomic mass is 10.1. The molecule has 4 nitrogen and oxygen atoms in total. The lowest BCUT2D eigenvalue weighted by Crippen LogP contribution is -2.05. The molecule has 0 aliphatic heterocycles. The van der Waals surface area contributed by atoms with E-state index in [4.69, 9.17) is 9.47 Å². The van der Waals surface area contributed by atoms with Crippen LogP contribution in [0.4, 0.5) is 0 Å². The molecule has 0 unspecified atom stereocenters. The molecule has 1 aromatic carbocycles. The molecule has 1 aromatic rings. The molecule has 0 aromatic heterocycles. The molecule has 0 saturated carbocycles. The molecule has 4 heteroatoms. The minimum atomic E-state index is -0.120. The lowest BCUT2D eigenvalue weighted by Gasteiger charge is -2.06. The average molecular weight is 461 g/mol. The van der Waals surface area contributed by atoms with E-state index >= 15 is 0 Å². The molecule has 0 N–H and O–H groups in total. The summed E-state index contributed by atoms with van der Waals surface area (Å²) in [7, 11) is 0. The van der Waals surface area contributed by atoms with Crippen molar-refractivity contribution in [2.24, 2.45) is 0 Å². The van der Waals surface area contributed by atoms with Crippen molar-refractivity contribution >= 4 is 11.9 Å². The standard InChI is InChI=1S/C29H48O4/c1-3-4-5-6-7-8-11-14-17-24-32-28(30)18-15-12-9-10-13-16-19-29(31)33-25-27-22-20-26(2)21-23-27/h20-23H,3-19,24-25H2,1-2H3. The van der Waals surface area contributed by atoms with Crippen molar-refractivity contribution in [2.45, 2.75) is 130 Å². The average Bonchev–Trinajstić information content (AvgIpc) is 2.81. The first kappa shape index (κ1) is 29.2. The number of esters is 2. The van der Waals surface area contributed by atoms with Gasteiger partial charge in [0.2, 0.25) is 0 Å². The zero-order valence-electron chi connectivity index (χ0n) is 21.4. The second-order valence-corrected chi connectivity index (χ2v) is 9.32. The van der Waals surface area contributed by atoms with E-state index < -0.39 is 0 Å². The van der Waals surface area contributed by atoms with E-state index in [0.29, 0.717) is 26.1 Å². The first-order valence-corrected chi connectivity index (χ1v) is 13.5. The molecule has 0 atom stereocenters. The maximum Gasteiger partial charge on any atom is 0.306 e. The molecule has 0 bridgehead atoms. The summed E-state index contributed by atoms with van der Waals surface area (Å²) < 4.78 is 10.7. The number of carbonyl (C=O) groups excluding carboxylic acids is 2. The fraction of sp³-hybridized carbons (Fsp3) is 0.724. The van der Waals surface area contributed by atoms with Crippen LogP contribution in [0.1, 0.15) is 127 Å². The highest BCUT2D eigenvalue weighted by molar-refractivity contribution is 5.69. The van der Waals surface area contributed by atoms with Gasteiger partial charge in [0.05, 0.1) is 6.61 Å². The molecule has 188 valence electrons. The van der Waals surface area contributed by atoms with Gasteiger partial charge < -0.3 is 9.47 Å². The second kappa shape index (κ2) is 20.7. The van der Waals surface area contributed by atoms with Crippen molar-refractivity contribution in [3.05, 3.63) is 35.4 Å². The van der Waals surface area contributed by atoms with Crippen LogP contribution in [0.2, 0.25) is 0 Å². The van der Waals surface area contributed by atoms with Gasteiger partial charge in [-0.3, -0.25) is 9.59 Å². The zero-order chi connectivity index (χ0) is 24.0. The minimum Gasteiger partial charge on any atom is -0.466 e. The summed E-state index contributed by atoms with van der Waals surface area (Å²) >= 11 is 0. The minimum absolute atomic E-state index is 0.0501. The van der Waals surface area contributed by atoms with E-state index in [2.05, 4.69) is 6.92 Å². The highest BCUT2D eigenvalue weighted by atomic mass is 16.5. The fourth-order valence-electron chi connectivity index (χ4n) is 3.84. The van der Waals surface area contributed by atoms with Gasteiger partial charge in [-0.25, -0.2) is 0 Å². The number of ether oxygens (including phenoxy) is 2. The number of benzene rings is 1. The van der Waals surface area contributed by atoms with Crippen LogP contribution in [0.25, 0.3) is 0 Å². The van der Waals surface area contributed by atoms with Crippen molar-refractivity contribution < 1.29 is 19.1 Å². The van der Waals surface area contributed by atoms with Crippen LogP contribution in [0.15, 0.2) is 24.3 Å². The number of aryl methyl sites for hydroxylation is 1. The highest BCUT2D eigenvalue weighted by Crippen LogP contribution is 2.12. The Morgan fingerprint density at radius 3 is 1.61 bits per heavy atom. The molecule has 0 saturated heterocycles. The Bertz CT molecular complexity index is 609. The Kier molecular flexibility index (Phi) is 18.4. The van der Waals surface area contributed by atoms with E-state index in [1.807, 2.05) is 31.2 Å². The van der Waals surface area contributed by atoms with Gasteiger partial charge in [0, 0.05) is 12.8 Å². The van der Waals surface area contributed by atoms with Gasteiger partial charge in [-0.05, 0) is 31.7 Å².